The molecule has 2 saturated heterocycles. The van der Waals surface area contributed by atoms with Gasteiger partial charge in [-0.05, 0) is 72.0 Å². The van der Waals surface area contributed by atoms with Crippen LogP contribution in [0.15, 0.2) is 11.6 Å². The van der Waals surface area contributed by atoms with Gasteiger partial charge in [-0.15, -0.1) is 0 Å². The fraction of sp³-hybridized carbons (Fsp3) is 0.909. The van der Waals surface area contributed by atoms with Gasteiger partial charge in [0.25, 0.3) is 0 Å². The molecule has 0 aromatic rings. The number of hydrogen-bond acceptors (Lipinski definition) is 6. The summed E-state index contributed by atoms with van der Waals surface area (Å²) in [5.41, 5.74) is 1.29. The van der Waals surface area contributed by atoms with Crippen LogP contribution in [0, 0.1) is 11.8 Å². The lowest BCUT2D eigenvalue weighted by Crippen LogP contribution is -2.69. The van der Waals surface area contributed by atoms with Crippen molar-refractivity contribution in [2.24, 2.45) is 11.8 Å². The van der Waals surface area contributed by atoms with Gasteiger partial charge in [-0.1, -0.05) is 11.6 Å². The molecule has 0 radical (unpaired) electrons. The third-order valence-corrected chi connectivity index (χ3v) is 7.37. The summed E-state index contributed by atoms with van der Waals surface area (Å²) < 4.78 is 22.3. The molecule has 6 nitrogen and oxygen atoms in total. The highest BCUT2D eigenvalue weighted by Crippen LogP contribution is 2.43. The van der Waals surface area contributed by atoms with Gasteiger partial charge in [0.2, 0.25) is 0 Å². The zero-order valence-corrected chi connectivity index (χ0v) is 18.3. The molecule has 4 aliphatic rings. The molecule has 29 heavy (non-hydrogen) atoms. The summed E-state index contributed by atoms with van der Waals surface area (Å²) in [6.07, 6.45) is 7.80. The van der Waals surface area contributed by atoms with Gasteiger partial charge >= 0.3 is 0 Å². The van der Waals surface area contributed by atoms with E-state index >= 15 is 4.39 Å². The zero-order valence-electron chi connectivity index (χ0n) is 18.3. The molecule has 0 bridgehead atoms. The number of nitrogens with one attached hydrogen (secondary N) is 4. The van der Waals surface area contributed by atoms with Crippen molar-refractivity contribution in [3.8, 4) is 0 Å². The maximum Gasteiger partial charge on any atom is 0.124 e. The second-order valence-electron chi connectivity index (χ2n) is 9.61. The molecular weight excluding hydrogens is 369 g/mol. The predicted octanol–water partition coefficient (Wildman–Crippen LogP) is 1.55. The lowest BCUT2D eigenvalue weighted by atomic mass is 9.68. The van der Waals surface area contributed by atoms with Gasteiger partial charge in [-0.2, -0.15) is 0 Å². The fourth-order valence-corrected chi connectivity index (χ4v) is 5.83. The molecule has 4 N–H and O–H groups in total. The average molecular weight is 410 g/mol. The van der Waals surface area contributed by atoms with Gasteiger partial charge in [-0.25, -0.2) is 4.39 Å². The molecular formula is C22H40FN5O. The molecule has 4 rings (SSSR count). The van der Waals surface area contributed by atoms with Crippen LogP contribution in [0.5, 0.6) is 0 Å². The molecule has 0 spiro atoms. The second-order valence-corrected chi connectivity index (χ2v) is 9.61. The first-order valence-electron chi connectivity index (χ1n) is 11.6. The van der Waals surface area contributed by atoms with E-state index in [2.05, 4.69) is 46.2 Å². The van der Waals surface area contributed by atoms with Crippen LogP contribution < -0.4 is 21.3 Å². The van der Waals surface area contributed by atoms with Crippen LogP contribution in [0.1, 0.15) is 45.4 Å². The molecule has 0 aromatic carbocycles. The lowest BCUT2D eigenvalue weighted by Gasteiger charge is -2.49. The molecule has 0 amide bonds. The Balaban J connectivity index is 1.51. The fourth-order valence-electron chi connectivity index (χ4n) is 5.83. The number of likely N-dealkylation sites (N-methyl/N-ethyl adjacent to an activating group) is 1. The maximum atomic E-state index is 16.1. The molecule has 166 valence electrons. The highest BCUT2D eigenvalue weighted by atomic mass is 19.1. The Bertz CT molecular complexity index is 575. The van der Waals surface area contributed by atoms with Gasteiger partial charge in [0.15, 0.2) is 0 Å². The molecule has 3 fully saturated rings. The van der Waals surface area contributed by atoms with Crippen molar-refractivity contribution in [1.82, 2.24) is 26.2 Å². The Morgan fingerprint density at radius 2 is 2.10 bits per heavy atom. The highest BCUT2D eigenvalue weighted by molar-refractivity contribution is 5.18. The Morgan fingerprint density at radius 1 is 1.24 bits per heavy atom. The van der Waals surface area contributed by atoms with Gasteiger partial charge in [-0.3, -0.25) is 16.0 Å². The summed E-state index contributed by atoms with van der Waals surface area (Å²) in [7, 11) is 4.12. The van der Waals surface area contributed by atoms with Crippen LogP contribution in [0.25, 0.3) is 0 Å². The van der Waals surface area contributed by atoms with Gasteiger partial charge in [0.05, 0.1) is 12.3 Å². The Labute approximate surface area is 175 Å². The minimum Gasteiger partial charge on any atom is -0.377 e. The van der Waals surface area contributed by atoms with Crippen molar-refractivity contribution in [1.29, 1.82) is 0 Å². The molecule has 1 saturated carbocycles. The number of halogens is 1. The van der Waals surface area contributed by atoms with Crippen molar-refractivity contribution in [3.63, 3.8) is 0 Å². The smallest absolute Gasteiger partial charge is 0.124 e. The molecule has 8 atom stereocenters. The van der Waals surface area contributed by atoms with Crippen molar-refractivity contribution in [2.45, 2.75) is 82.3 Å². The third kappa shape index (κ3) is 5.02. The number of hydrogen-bond donors (Lipinski definition) is 4. The highest BCUT2D eigenvalue weighted by Gasteiger charge is 2.48. The molecule has 3 aliphatic heterocycles. The van der Waals surface area contributed by atoms with Crippen molar-refractivity contribution >= 4 is 0 Å². The SMILES string of the molecule is CNC1CC(C)NC(NC2CC3CCCOC3C(C3=CCN(C)CCC3)C2F)N1. The topological polar surface area (TPSA) is 60.6 Å². The normalized spacial score (nSPS) is 44.6. The number of nitrogens with zero attached hydrogens (tertiary/aromatic N) is 1. The van der Waals surface area contributed by atoms with E-state index in [1.807, 2.05) is 7.05 Å². The summed E-state index contributed by atoms with van der Waals surface area (Å²) in [5.74, 6) is 0.334. The van der Waals surface area contributed by atoms with Crippen LogP contribution in [-0.2, 0) is 4.74 Å². The van der Waals surface area contributed by atoms with E-state index in [9.17, 15) is 0 Å². The predicted molar refractivity (Wildman–Crippen MR) is 114 cm³/mol. The van der Waals surface area contributed by atoms with E-state index in [1.54, 1.807) is 0 Å². The van der Waals surface area contributed by atoms with Gasteiger partial charge in [0.1, 0.15) is 12.5 Å². The van der Waals surface area contributed by atoms with Crippen LogP contribution in [-0.4, -0.2) is 75.5 Å². The third-order valence-electron chi connectivity index (χ3n) is 7.37. The van der Waals surface area contributed by atoms with Crippen LogP contribution >= 0.6 is 0 Å². The number of rotatable bonds is 4. The monoisotopic (exact) mass is 409 g/mol. The largest absolute Gasteiger partial charge is 0.377 e. The Kier molecular flexibility index (Phi) is 7.25. The number of fused-ring (bicyclic) bond motifs is 1. The maximum absolute atomic E-state index is 16.1. The standard InChI is InChI=1S/C22H40FN5O/c1-14-12-18(24-2)27-22(25-14)26-17-13-16-7-5-11-29-21(16)19(20(17)23)15-6-4-9-28(3)10-8-15/h8,14,16-22,24-27H,4-7,9-13H2,1-3H3. The molecule has 7 heteroatoms. The summed E-state index contributed by atoms with van der Waals surface area (Å²) in [4.78, 5) is 2.33. The van der Waals surface area contributed by atoms with E-state index in [0.717, 1.165) is 58.2 Å². The van der Waals surface area contributed by atoms with E-state index in [0.29, 0.717) is 12.0 Å². The van der Waals surface area contributed by atoms with E-state index in [4.69, 9.17) is 4.74 Å². The quantitative estimate of drug-likeness (QED) is 0.529. The molecule has 3 heterocycles. The second kappa shape index (κ2) is 9.71. The molecule has 8 unspecified atom stereocenters. The minimum atomic E-state index is -0.919. The first kappa shape index (κ1) is 21.7. The van der Waals surface area contributed by atoms with Crippen LogP contribution in [0.3, 0.4) is 0 Å². The summed E-state index contributed by atoms with van der Waals surface area (Å²) in [5, 5.41) is 14.0. The van der Waals surface area contributed by atoms with E-state index < -0.39 is 6.17 Å². The summed E-state index contributed by atoms with van der Waals surface area (Å²) in [6, 6.07) is 0.229. The minimum absolute atomic E-state index is 0.0442. The van der Waals surface area contributed by atoms with Gasteiger partial charge in [0, 0.05) is 31.2 Å². The molecule has 1 aliphatic carbocycles. The number of ether oxygens (including phenoxy) is 1. The molecule has 0 aromatic heterocycles. The lowest BCUT2D eigenvalue weighted by molar-refractivity contribution is -0.105. The number of alkyl halides is 1. The average Bonchev–Trinajstić information content (AvgIpc) is 2.92. The summed E-state index contributed by atoms with van der Waals surface area (Å²) >= 11 is 0. The van der Waals surface area contributed by atoms with Crippen molar-refractivity contribution in [3.05, 3.63) is 11.6 Å². The van der Waals surface area contributed by atoms with Crippen molar-refractivity contribution in [2.75, 3.05) is 33.8 Å². The van der Waals surface area contributed by atoms with E-state index in [-0.39, 0.29) is 30.5 Å². The Morgan fingerprint density at radius 3 is 2.93 bits per heavy atom. The zero-order chi connectivity index (χ0) is 20.4. The van der Waals surface area contributed by atoms with E-state index in [1.165, 1.54) is 5.57 Å². The van der Waals surface area contributed by atoms with Crippen LogP contribution in [0.2, 0.25) is 0 Å². The first-order valence-corrected chi connectivity index (χ1v) is 11.6. The van der Waals surface area contributed by atoms with Gasteiger partial charge < -0.3 is 15.0 Å². The Hall–Kier alpha value is -0.570. The van der Waals surface area contributed by atoms with Crippen molar-refractivity contribution < 1.29 is 9.13 Å². The first-order chi connectivity index (χ1) is 14.0. The van der Waals surface area contributed by atoms with Crippen LogP contribution in [0.4, 0.5) is 4.39 Å². The summed E-state index contributed by atoms with van der Waals surface area (Å²) in [6.45, 7) is 4.97.